The van der Waals surface area contributed by atoms with E-state index in [1.807, 2.05) is 0 Å². The molecule has 0 spiro atoms. The first kappa shape index (κ1) is 19.2. The van der Waals surface area contributed by atoms with Gasteiger partial charge in [0.25, 0.3) is 0 Å². The molecular formula is C24H32N6. The van der Waals surface area contributed by atoms with Crippen molar-refractivity contribution in [3.63, 3.8) is 0 Å². The van der Waals surface area contributed by atoms with Crippen LogP contribution in [0.25, 0.3) is 22.1 Å². The number of hydrogen-bond acceptors (Lipinski definition) is 6. The highest BCUT2D eigenvalue weighted by Gasteiger charge is 2.24. The van der Waals surface area contributed by atoms with Crippen molar-refractivity contribution in [1.29, 1.82) is 0 Å². The van der Waals surface area contributed by atoms with Crippen LogP contribution in [-0.4, -0.2) is 62.3 Å². The zero-order valence-electron chi connectivity index (χ0n) is 18.6. The summed E-state index contributed by atoms with van der Waals surface area (Å²) in [7, 11) is 0. The summed E-state index contributed by atoms with van der Waals surface area (Å²) < 4.78 is 0. The molecule has 0 aliphatic carbocycles. The maximum absolute atomic E-state index is 5.08. The summed E-state index contributed by atoms with van der Waals surface area (Å²) >= 11 is 0. The molecule has 0 atom stereocenters. The van der Waals surface area contributed by atoms with E-state index in [4.69, 9.17) is 9.97 Å². The number of hydrogen-bond donors (Lipinski definition) is 0. The smallest absolute Gasteiger partial charge is 0.0916 e. The molecule has 0 saturated heterocycles. The van der Waals surface area contributed by atoms with E-state index in [-0.39, 0.29) is 0 Å². The molecule has 2 aliphatic heterocycles. The number of anilines is 4. The first-order valence-corrected chi connectivity index (χ1v) is 11.5. The maximum Gasteiger partial charge on any atom is 0.0916 e. The molecule has 0 unspecified atom stereocenters. The molecule has 6 nitrogen and oxygen atoms in total. The van der Waals surface area contributed by atoms with E-state index in [9.17, 15) is 0 Å². The van der Waals surface area contributed by atoms with Gasteiger partial charge in [-0.25, -0.2) is 9.97 Å². The molecule has 0 N–H and O–H groups in total. The summed E-state index contributed by atoms with van der Waals surface area (Å²) in [5, 5.41) is 0. The van der Waals surface area contributed by atoms with Gasteiger partial charge in [0.1, 0.15) is 0 Å². The standard InChI is InChI=1S/C24H32N6/c1-5-27-9-10-28(6-2)22-14-18-17(13-21(22)27)25-19-15-23-24(16-20(19)26-18)30(8-4)12-11-29(23)7-3/h13-16H,5-12H2,1-4H3. The van der Waals surface area contributed by atoms with Gasteiger partial charge in [-0.1, -0.05) is 0 Å². The Bertz CT molecular complexity index is 925. The van der Waals surface area contributed by atoms with Crippen LogP contribution < -0.4 is 19.6 Å². The first-order chi connectivity index (χ1) is 14.7. The molecule has 0 radical (unpaired) electrons. The molecule has 2 aromatic carbocycles. The Kier molecular flexibility index (Phi) is 4.80. The third-order valence-corrected chi connectivity index (χ3v) is 6.79. The molecule has 3 heterocycles. The van der Waals surface area contributed by atoms with Gasteiger partial charge in [-0.15, -0.1) is 0 Å². The molecule has 0 bridgehead atoms. The second-order valence-electron chi connectivity index (χ2n) is 8.20. The van der Waals surface area contributed by atoms with Crippen LogP contribution in [0, 0.1) is 0 Å². The minimum atomic E-state index is 0.990. The van der Waals surface area contributed by atoms with Crippen molar-refractivity contribution < 1.29 is 0 Å². The van der Waals surface area contributed by atoms with Crippen molar-refractivity contribution in [2.24, 2.45) is 0 Å². The van der Waals surface area contributed by atoms with Gasteiger partial charge in [-0.05, 0) is 52.0 Å². The van der Waals surface area contributed by atoms with E-state index >= 15 is 0 Å². The third-order valence-electron chi connectivity index (χ3n) is 6.79. The topological polar surface area (TPSA) is 38.7 Å². The highest BCUT2D eigenvalue weighted by Crippen LogP contribution is 2.39. The van der Waals surface area contributed by atoms with Gasteiger partial charge >= 0.3 is 0 Å². The van der Waals surface area contributed by atoms with Crippen molar-refractivity contribution in [2.75, 3.05) is 72.0 Å². The van der Waals surface area contributed by atoms with Gasteiger partial charge in [0, 0.05) is 52.4 Å². The van der Waals surface area contributed by atoms with Gasteiger partial charge in [0.2, 0.25) is 0 Å². The lowest BCUT2D eigenvalue weighted by atomic mass is 10.1. The fourth-order valence-electron chi connectivity index (χ4n) is 5.02. The molecule has 1 aromatic heterocycles. The molecule has 0 fully saturated rings. The predicted molar refractivity (Wildman–Crippen MR) is 129 cm³/mol. The van der Waals surface area contributed by atoms with Crippen molar-refractivity contribution >= 4 is 44.8 Å². The molecule has 158 valence electrons. The van der Waals surface area contributed by atoms with Crippen molar-refractivity contribution in [2.45, 2.75) is 27.7 Å². The monoisotopic (exact) mass is 404 g/mol. The van der Waals surface area contributed by atoms with Crippen molar-refractivity contribution in [3.05, 3.63) is 24.3 Å². The Balaban J connectivity index is 1.71. The van der Waals surface area contributed by atoms with Crippen LogP contribution in [0.4, 0.5) is 22.7 Å². The highest BCUT2D eigenvalue weighted by atomic mass is 15.3. The Morgan fingerprint density at radius 1 is 0.500 bits per heavy atom. The van der Waals surface area contributed by atoms with E-state index in [1.165, 1.54) is 22.7 Å². The van der Waals surface area contributed by atoms with Gasteiger partial charge in [0.15, 0.2) is 0 Å². The zero-order valence-corrected chi connectivity index (χ0v) is 18.6. The number of nitrogens with zero attached hydrogens (tertiary/aromatic N) is 6. The molecule has 0 saturated carbocycles. The lowest BCUT2D eigenvalue weighted by Crippen LogP contribution is -2.41. The Morgan fingerprint density at radius 3 is 0.933 bits per heavy atom. The predicted octanol–water partition coefficient (Wildman–Crippen LogP) is 4.12. The number of benzene rings is 2. The van der Waals surface area contributed by atoms with E-state index in [0.29, 0.717) is 0 Å². The van der Waals surface area contributed by atoms with Crippen molar-refractivity contribution in [1.82, 2.24) is 9.97 Å². The van der Waals surface area contributed by atoms with Crippen LogP contribution >= 0.6 is 0 Å². The minimum absolute atomic E-state index is 0.990. The number of likely N-dealkylation sites (N-methyl/N-ethyl adjacent to an activating group) is 4. The average Bonchev–Trinajstić information content (AvgIpc) is 2.78. The summed E-state index contributed by atoms with van der Waals surface area (Å²) in [5.74, 6) is 0. The lowest BCUT2D eigenvalue weighted by molar-refractivity contribution is 0.723. The van der Waals surface area contributed by atoms with Crippen LogP contribution in [0.15, 0.2) is 24.3 Å². The van der Waals surface area contributed by atoms with E-state index in [0.717, 1.165) is 74.4 Å². The largest absolute Gasteiger partial charge is 0.368 e. The molecule has 6 heteroatoms. The maximum atomic E-state index is 5.08. The summed E-state index contributed by atoms with van der Waals surface area (Å²) in [6.07, 6.45) is 0. The molecule has 30 heavy (non-hydrogen) atoms. The third kappa shape index (κ3) is 2.92. The highest BCUT2D eigenvalue weighted by molar-refractivity contribution is 5.96. The zero-order chi connectivity index (χ0) is 20.8. The Hall–Kier alpha value is -2.76. The van der Waals surface area contributed by atoms with Gasteiger partial charge in [-0.2, -0.15) is 0 Å². The summed E-state index contributed by atoms with van der Waals surface area (Å²) in [5.41, 5.74) is 9.11. The first-order valence-electron chi connectivity index (χ1n) is 11.5. The summed E-state index contributed by atoms with van der Waals surface area (Å²) in [4.78, 5) is 20.0. The van der Waals surface area contributed by atoms with E-state index in [1.54, 1.807) is 0 Å². The van der Waals surface area contributed by atoms with Crippen LogP contribution in [0.1, 0.15) is 27.7 Å². The number of aromatic nitrogens is 2. The summed E-state index contributed by atoms with van der Waals surface area (Å²) in [6.45, 7) is 17.2. The van der Waals surface area contributed by atoms with Crippen LogP contribution in [0.5, 0.6) is 0 Å². The molecular weight excluding hydrogens is 372 g/mol. The van der Waals surface area contributed by atoms with Gasteiger partial charge in [-0.3, -0.25) is 0 Å². The summed E-state index contributed by atoms with van der Waals surface area (Å²) in [6, 6.07) is 8.99. The van der Waals surface area contributed by atoms with Crippen molar-refractivity contribution in [3.8, 4) is 0 Å². The number of fused-ring (bicyclic) bond motifs is 4. The molecule has 2 aliphatic rings. The van der Waals surface area contributed by atoms with Crippen LogP contribution in [-0.2, 0) is 0 Å². The second kappa shape index (κ2) is 7.49. The lowest BCUT2D eigenvalue weighted by Gasteiger charge is -2.38. The Morgan fingerprint density at radius 2 is 0.733 bits per heavy atom. The average molecular weight is 405 g/mol. The van der Waals surface area contributed by atoms with E-state index < -0.39 is 0 Å². The Labute approximate surface area is 179 Å². The van der Waals surface area contributed by atoms with Gasteiger partial charge < -0.3 is 19.6 Å². The van der Waals surface area contributed by atoms with Crippen LogP contribution in [0.3, 0.4) is 0 Å². The second-order valence-corrected chi connectivity index (χ2v) is 8.20. The normalized spacial score (nSPS) is 16.4. The molecule has 0 amide bonds. The number of rotatable bonds is 4. The van der Waals surface area contributed by atoms with Crippen LogP contribution in [0.2, 0.25) is 0 Å². The molecule has 3 aromatic rings. The van der Waals surface area contributed by atoms with Gasteiger partial charge in [0.05, 0.1) is 44.8 Å². The fraction of sp³-hybridized carbons (Fsp3) is 0.500. The molecule has 5 rings (SSSR count). The fourth-order valence-corrected chi connectivity index (χ4v) is 5.02. The van der Waals surface area contributed by atoms with E-state index in [2.05, 4.69) is 71.6 Å². The quantitative estimate of drug-likeness (QED) is 0.609. The minimum Gasteiger partial charge on any atom is -0.368 e. The SMILES string of the molecule is CCN1CCN(CC)c2cc3nc4cc5c(cc4nc3cc21)N(CC)CCN5CC.